The number of nitrogens with one attached hydrogen (secondary N) is 1. The van der Waals surface area contributed by atoms with Gasteiger partial charge in [-0.25, -0.2) is 0 Å². The molecule has 0 fully saturated rings. The van der Waals surface area contributed by atoms with Crippen LogP contribution in [0, 0.1) is 0 Å². The van der Waals surface area contributed by atoms with E-state index in [1.54, 1.807) is 19.1 Å². The summed E-state index contributed by atoms with van der Waals surface area (Å²) in [7, 11) is 0. The van der Waals surface area contributed by atoms with Gasteiger partial charge in [0.2, 0.25) is 11.7 Å². The van der Waals surface area contributed by atoms with E-state index in [0.717, 1.165) is 0 Å². The summed E-state index contributed by atoms with van der Waals surface area (Å²) in [5.74, 6) is 0.598. The Kier molecular flexibility index (Phi) is 4.46. The van der Waals surface area contributed by atoms with Crippen LogP contribution in [0.4, 0.5) is 0 Å². The average molecular weight is 279 g/mol. The molecule has 0 radical (unpaired) electrons. The van der Waals surface area contributed by atoms with Gasteiger partial charge in [-0.15, -0.1) is 10.2 Å². The summed E-state index contributed by atoms with van der Waals surface area (Å²) in [6, 6.07) is 3.32. The van der Waals surface area contributed by atoms with Crippen LogP contribution in [0.25, 0.3) is 11.6 Å². The molecule has 0 aromatic carbocycles. The fourth-order valence-electron chi connectivity index (χ4n) is 1.83. The zero-order valence-corrected chi connectivity index (χ0v) is 11.4. The summed E-state index contributed by atoms with van der Waals surface area (Å²) < 4.78 is 5.14. The van der Waals surface area contributed by atoms with Crippen LogP contribution >= 0.6 is 0 Å². The van der Waals surface area contributed by atoms with E-state index in [0.29, 0.717) is 18.0 Å². The highest BCUT2D eigenvalue weighted by Crippen LogP contribution is 2.12. The molecular weight excluding hydrogens is 262 g/mol. The average Bonchev–Trinajstić information content (AvgIpc) is 2.96. The molecule has 2 N–H and O–H groups in total. The minimum atomic E-state index is -0.458. The minimum absolute atomic E-state index is 0.0299. The lowest BCUT2D eigenvalue weighted by atomic mass is 10.1. The van der Waals surface area contributed by atoms with Crippen LogP contribution in [0.15, 0.2) is 22.8 Å². The number of rotatable bonds is 6. The second-order valence-corrected chi connectivity index (χ2v) is 4.67. The molecule has 2 atom stereocenters. The van der Waals surface area contributed by atoms with Crippen molar-refractivity contribution in [3.8, 4) is 11.6 Å². The number of furan rings is 1. The van der Waals surface area contributed by atoms with Crippen molar-refractivity contribution in [2.24, 2.45) is 0 Å². The molecule has 0 saturated heterocycles. The van der Waals surface area contributed by atoms with Gasteiger partial charge < -0.3 is 14.8 Å². The van der Waals surface area contributed by atoms with Gasteiger partial charge >= 0.3 is 0 Å². The summed E-state index contributed by atoms with van der Waals surface area (Å²) in [6.07, 6.45) is 1.55. The fourth-order valence-corrected chi connectivity index (χ4v) is 1.83. The molecule has 2 unspecified atom stereocenters. The number of tetrazole rings is 1. The van der Waals surface area contributed by atoms with Gasteiger partial charge in [-0.3, -0.25) is 4.79 Å². The minimum Gasteiger partial charge on any atom is -0.461 e. The van der Waals surface area contributed by atoms with Crippen molar-refractivity contribution in [3.63, 3.8) is 0 Å². The maximum atomic E-state index is 11.8. The van der Waals surface area contributed by atoms with Crippen LogP contribution in [0.5, 0.6) is 0 Å². The van der Waals surface area contributed by atoms with Crippen molar-refractivity contribution in [2.75, 3.05) is 0 Å². The van der Waals surface area contributed by atoms with Crippen molar-refractivity contribution in [1.29, 1.82) is 0 Å². The van der Waals surface area contributed by atoms with E-state index >= 15 is 0 Å². The van der Waals surface area contributed by atoms with Crippen LogP contribution < -0.4 is 5.32 Å². The normalized spacial score (nSPS) is 13.9. The predicted octanol–water partition coefficient (Wildman–Crippen LogP) is 0.209. The Hall–Kier alpha value is -2.22. The third kappa shape index (κ3) is 3.89. The Morgan fingerprint density at radius 1 is 1.55 bits per heavy atom. The molecular formula is C12H17N5O3. The first-order valence-electron chi connectivity index (χ1n) is 6.33. The summed E-state index contributed by atoms with van der Waals surface area (Å²) >= 11 is 0. The lowest BCUT2D eigenvalue weighted by Crippen LogP contribution is -2.37. The maximum absolute atomic E-state index is 11.8. The molecule has 108 valence electrons. The van der Waals surface area contributed by atoms with Gasteiger partial charge in [0, 0.05) is 6.04 Å². The highest BCUT2D eigenvalue weighted by Gasteiger charge is 2.13. The molecule has 2 rings (SSSR count). The molecule has 2 aromatic heterocycles. The van der Waals surface area contributed by atoms with Crippen LogP contribution in [-0.4, -0.2) is 43.4 Å². The van der Waals surface area contributed by atoms with Crippen molar-refractivity contribution in [3.05, 3.63) is 18.4 Å². The van der Waals surface area contributed by atoms with Gasteiger partial charge in [0.05, 0.1) is 12.4 Å². The van der Waals surface area contributed by atoms with Gasteiger partial charge in [-0.05, 0) is 37.6 Å². The highest BCUT2D eigenvalue weighted by molar-refractivity contribution is 5.75. The lowest BCUT2D eigenvalue weighted by Gasteiger charge is -2.14. The van der Waals surface area contributed by atoms with Gasteiger partial charge in [0.25, 0.3) is 0 Å². The molecule has 0 spiro atoms. The number of aliphatic hydroxyl groups excluding tert-OH is 1. The number of amides is 1. The van der Waals surface area contributed by atoms with E-state index < -0.39 is 6.10 Å². The van der Waals surface area contributed by atoms with Crippen molar-refractivity contribution >= 4 is 5.91 Å². The molecule has 0 aliphatic heterocycles. The lowest BCUT2D eigenvalue weighted by molar-refractivity contribution is -0.122. The van der Waals surface area contributed by atoms with Crippen molar-refractivity contribution in [2.45, 2.75) is 39.0 Å². The largest absolute Gasteiger partial charge is 0.461 e. The van der Waals surface area contributed by atoms with E-state index in [1.165, 1.54) is 11.1 Å². The van der Waals surface area contributed by atoms with E-state index in [1.807, 2.05) is 6.92 Å². The Morgan fingerprint density at radius 2 is 2.35 bits per heavy atom. The van der Waals surface area contributed by atoms with Gasteiger partial charge in [0.1, 0.15) is 6.54 Å². The van der Waals surface area contributed by atoms with E-state index in [9.17, 15) is 9.90 Å². The number of hydrogen-bond donors (Lipinski definition) is 2. The monoisotopic (exact) mass is 279 g/mol. The third-order valence-electron chi connectivity index (χ3n) is 2.58. The first-order chi connectivity index (χ1) is 9.54. The van der Waals surface area contributed by atoms with Crippen LogP contribution in [0.1, 0.15) is 20.3 Å². The number of hydrogen-bond acceptors (Lipinski definition) is 6. The van der Waals surface area contributed by atoms with Crippen molar-refractivity contribution < 1.29 is 14.3 Å². The molecule has 1 amide bonds. The topological polar surface area (TPSA) is 106 Å². The van der Waals surface area contributed by atoms with E-state index in [-0.39, 0.29) is 18.5 Å². The highest BCUT2D eigenvalue weighted by atomic mass is 16.3. The second-order valence-electron chi connectivity index (χ2n) is 4.67. The molecule has 0 aliphatic carbocycles. The smallest absolute Gasteiger partial charge is 0.243 e. The number of aromatic nitrogens is 4. The van der Waals surface area contributed by atoms with E-state index in [4.69, 9.17) is 4.42 Å². The maximum Gasteiger partial charge on any atom is 0.243 e. The molecule has 2 heterocycles. The zero-order chi connectivity index (χ0) is 14.5. The first-order valence-corrected chi connectivity index (χ1v) is 6.33. The summed E-state index contributed by atoms with van der Waals surface area (Å²) in [4.78, 5) is 13.0. The number of nitrogens with zero attached hydrogens (tertiary/aromatic N) is 4. The number of carbonyl (C=O) groups excluding carboxylic acids is 1. The van der Waals surface area contributed by atoms with Gasteiger partial charge in [-0.1, -0.05) is 0 Å². The fraction of sp³-hybridized carbons (Fsp3) is 0.500. The van der Waals surface area contributed by atoms with Crippen LogP contribution in [0.3, 0.4) is 0 Å². The summed E-state index contributed by atoms with van der Waals surface area (Å²) in [5, 5.41) is 23.6. The molecule has 8 heteroatoms. The third-order valence-corrected chi connectivity index (χ3v) is 2.58. The van der Waals surface area contributed by atoms with Gasteiger partial charge in [-0.2, -0.15) is 4.80 Å². The quantitative estimate of drug-likeness (QED) is 0.783. The predicted molar refractivity (Wildman–Crippen MR) is 69.4 cm³/mol. The Labute approximate surface area is 115 Å². The SMILES string of the molecule is CC(O)CC(C)NC(=O)Cn1nnc(-c2ccco2)n1. The number of aliphatic hydroxyl groups is 1. The second kappa shape index (κ2) is 6.29. The van der Waals surface area contributed by atoms with Crippen LogP contribution in [0.2, 0.25) is 0 Å². The van der Waals surface area contributed by atoms with Gasteiger partial charge in [0.15, 0.2) is 5.76 Å². The molecule has 0 saturated carbocycles. The standard InChI is InChI=1S/C12H17N5O3/c1-8(6-9(2)18)13-11(19)7-17-15-12(14-16-17)10-4-3-5-20-10/h3-5,8-9,18H,6-7H2,1-2H3,(H,13,19). The first kappa shape index (κ1) is 14.2. The summed E-state index contributed by atoms with van der Waals surface area (Å²) in [5.41, 5.74) is 0. The zero-order valence-electron chi connectivity index (χ0n) is 11.4. The Bertz CT molecular complexity index is 549. The molecule has 0 aliphatic rings. The Balaban J connectivity index is 1.89. The summed E-state index contributed by atoms with van der Waals surface area (Å²) in [6.45, 7) is 3.47. The molecule has 8 nitrogen and oxygen atoms in total. The molecule has 20 heavy (non-hydrogen) atoms. The molecule has 0 bridgehead atoms. The van der Waals surface area contributed by atoms with E-state index in [2.05, 4.69) is 20.7 Å². The van der Waals surface area contributed by atoms with Crippen molar-refractivity contribution in [1.82, 2.24) is 25.5 Å². The number of carbonyl (C=O) groups is 1. The molecule has 2 aromatic rings. The van der Waals surface area contributed by atoms with Crippen LogP contribution in [-0.2, 0) is 11.3 Å². The Morgan fingerprint density at radius 3 is 3.00 bits per heavy atom.